The van der Waals surface area contributed by atoms with Crippen molar-refractivity contribution in [2.24, 2.45) is 11.8 Å². The third-order valence-electron chi connectivity index (χ3n) is 4.74. The predicted octanol–water partition coefficient (Wildman–Crippen LogP) is 3.56. The zero-order valence-corrected chi connectivity index (χ0v) is 10.8. The second-order valence-electron chi connectivity index (χ2n) is 5.52. The molecule has 3 aliphatic carbocycles. The topological polar surface area (TPSA) is 47.6 Å². The first-order chi connectivity index (χ1) is 9.86. The van der Waals surface area contributed by atoms with Crippen molar-refractivity contribution in [3.63, 3.8) is 0 Å². The first kappa shape index (κ1) is 11.3. The van der Waals surface area contributed by atoms with Crippen LogP contribution >= 0.6 is 0 Å². The molecule has 5 rings (SSSR count). The molecule has 0 fully saturated rings. The zero-order chi connectivity index (χ0) is 13.7. The lowest BCUT2D eigenvalue weighted by molar-refractivity contribution is 0.350. The number of benzene rings is 2. The van der Waals surface area contributed by atoms with E-state index in [0.717, 1.165) is 0 Å². The summed E-state index contributed by atoms with van der Waals surface area (Å²) in [4.78, 5) is 0. The van der Waals surface area contributed by atoms with E-state index in [-0.39, 0.29) is 23.7 Å². The molecule has 0 N–H and O–H groups in total. The average molecular weight is 256 g/mol. The Morgan fingerprint density at radius 2 is 0.900 bits per heavy atom. The van der Waals surface area contributed by atoms with Gasteiger partial charge in [-0.25, -0.2) is 0 Å². The maximum atomic E-state index is 9.56. The lowest BCUT2D eigenvalue weighted by Gasteiger charge is -2.45. The highest BCUT2D eigenvalue weighted by atomic mass is 14.5. The fourth-order valence-corrected chi connectivity index (χ4v) is 3.99. The van der Waals surface area contributed by atoms with E-state index in [1.54, 1.807) is 0 Å². The SMILES string of the molecule is N#C[C@@H]1C2c3ccccc3C(c3ccccc32)[C@H]1C#N. The van der Waals surface area contributed by atoms with Gasteiger partial charge in [-0.1, -0.05) is 48.5 Å². The highest BCUT2D eigenvalue weighted by molar-refractivity contribution is 5.58. The first-order valence-corrected chi connectivity index (χ1v) is 6.83. The minimum atomic E-state index is -0.241. The van der Waals surface area contributed by atoms with Gasteiger partial charge in [0, 0.05) is 11.8 Å². The van der Waals surface area contributed by atoms with Crippen LogP contribution in [0.1, 0.15) is 34.1 Å². The fraction of sp³-hybridized carbons (Fsp3) is 0.222. The van der Waals surface area contributed by atoms with Crippen LogP contribution in [0.4, 0.5) is 0 Å². The van der Waals surface area contributed by atoms with Crippen LogP contribution in [-0.4, -0.2) is 0 Å². The van der Waals surface area contributed by atoms with Gasteiger partial charge >= 0.3 is 0 Å². The van der Waals surface area contributed by atoms with E-state index < -0.39 is 0 Å². The number of nitrogens with zero attached hydrogens (tertiary/aromatic N) is 2. The van der Waals surface area contributed by atoms with E-state index in [1.165, 1.54) is 22.3 Å². The van der Waals surface area contributed by atoms with E-state index in [4.69, 9.17) is 0 Å². The van der Waals surface area contributed by atoms with Crippen molar-refractivity contribution < 1.29 is 0 Å². The van der Waals surface area contributed by atoms with E-state index in [2.05, 4.69) is 36.4 Å². The Bertz CT molecular complexity index is 665. The van der Waals surface area contributed by atoms with Gasteiger partial charge in [0.25, 0.3) is 0 Å². The van der Waals surface area contributed by atoms with E-state index in [0.29, 0.717) is 0 Å². The minimum absolute atomic E-state index is 0.0436. The second-order valence-corrected chi connectivity index (χ2v) is 5.52. The van der Waals surface area contributed by atoms with E-state index in [9.17, 15) is 10.5 Å². The Balaban J connectivity index is 2.08. The van der Waals surface area contributed by atoms with Crippen molar-refractivity contribution in [3.8, 4) is 12.1 Å². The van der Waals surface area contributed by atoms with Gasteiger partial charge in [-0.05, 0) is 22.3 Å². The monoisotopic (exact) mass is 256 g/mol. The maximum Gasteiger partial charge on any atom is 0.0740 e. The molecule has 2 nitrogen and oxygen atoms in total. The standard InChI is InChI=1S/C18H12N2/c19-9-15-16(10-20)18-12-6-2-1-5-11(12)17(15)13-7-3-4-8-14(13)18/h1-8,15-18H/t15-,16-,17?,18?/m0/s1. The van der Waals surface area contributed by atoms with Crippen molar-refractivity contribution in [2.75, 3.05) is 0 Å². The van der Waals surface area contributed by atoms with Gasteiger partial charge in [0.15, 0.2) is 0 Å². The normalized spacial score (nSPS) is 28.9. The molecule has 2 atom stereocenters. The smallest absolute Gasteiger partial charge is 0.0740 e. The molecule has 0 spiro atoms. The van der Waals surface area contributed by atoms with Crippen molar-refractivity contribution in [1.29, 1.82) is 10.5 Å². The summed E-state index contributed by atoms with van der Waals surface area (Å²) in [5.41, 5.74) is 4.92. The van der Waals surface area contributed by atoms with Crippen molar-refractivity contribution in [3.05, 3.63) is 70.8 Å². The predicted molar refractivity (Wildman–Crippen MR) is 74.8 cm³/mol. The Kier molecular flexibility index (Phi) is 2.23. The number of hydrogen-bond acceptors (Lipinski definition) is 2. The number of fused-ring (bicyclic) bond motifs is 1. The first-order valence-electron chi connectivity index (χ1n) is 6.83. The Labute approximate surface area is 117 Å². The van der Waals surface area contributed by atoms with E-state index >= 15 is 0 Å². The molecule has 2 aromatic carbocycles. The fourth-order valence-electron chi connectivity index (χ4n) is 3.99. The molecule has 2 heteroatoms. The van der Waals surface area contributed by atoms with Crippen LogP contribution in [0.25, 0.3) is 0 Å². The number of rotatable bonds is 0. The average Bonchev–Trinajstić information content (AvgIpc) is 2.53. The summed E-state index contributed by atoms with van der Waals surface area (Å²) in [6.45, 7) is 0. The zero-order valence-electron chi connectivity index (χ0n) is 10.8. The summed E-state index contributed by atoms with van der Waals surface area (Å²) in [7, 11) is 0. The lowest BCUT2D eigenvalue weighted by atomic mass is 9.55. The molecule has 2 bridgehead atoms. The quantitative estimate of drug-likeness (QED) is 0.723. The van der Waals surface area contributed by atoms with Crippen LogP contribution in [0.15, 0.2) is 48.5 Å². The Morgan fingerprint density at radius 1 is 0.600 bits per heavy atom. The van der Waals surface area contributed by atoms with Gasteiger partial charge in [-0.3, -0.25) is 0 Å². The molecular formula is C18H12N2. The van der Waals surface area contributed by atoms with Crippen molar-refractivity contribution in [1.82, 2.24) is 0 Å². The van der Waals surface area contributed by atoms with Gasteiger partial charge in [0.05, 0.1) is 24.0 Å². The van der Waals surface area contributed by atoms with Crippen LogP contribution in [0.3, 0.4) is 0 Å². The van der Waals surface area contributed by atoms with Crippen LogP contribution in [0, 0.1) is 34.5 Å². The van der Waals surface area contributed by atoms with Crippen LogP contribution in [0.2, 0.25) is 0 Å². The molecule has 0 saturated carbocycles. The van der Waals surface area contributed by atoms with Gasteiger partial charge in [0.1, 0.15) is 0 Å². The molecule has 3 aliphatic rings. The number of nitriles is 2. The van der Waals surface area contributed by atoms with Gasteiger partial charge < -0.3 is 0 Å². The minimum Gasteiger partial charge on any atom is -0.198 e. The lowest BCUT2D eigenvalue weighted by Crippen LogP contribution is -2.38. The van der Waals surface area contributed by atoms with E-state index in [1.807, 2.05) is 24.3 Å². The highest BCUT2D eigenvalue weighted by Gasteiger charge is 2.50. The van der Waals surface area contributed by atoms with Crippen LogP contribution in [-0.2, 0) is 0 Å². The summed E-state index contributed by atoms with van der Waals surface area (Å²) in [5.74, 6) is -0.395. The number of hydrogen-bond donors (Lipinski definition) is 0. The molecule has 0 saturated heterocycles. The van der Waals surface area contributed by atoms with Gasteiger partial charge in [-0.15, -0.1) is 0 Å². The van der Waals surface area contributed by atoms with Crippen molar-refractivity contribution >= 4 is 0 Å². The third-order valence-corrected chi connectivity index (χ3v) is 4.74. The van der Waals surface area contributed by atoms with Gasteiger partial charge in [0.2, 0.25) is 0 Å². The molecule has 20 heavy (non-hydrogen) atoms. The molecular weight excluding hydrogens is 244 g/mol. The second kappa shape index (κ2) is 3.95. The summed E-state index contributed by atoms with van der Waals surface area (Å²) < 4.78 is 0. The summed E-state index contributed by atoms with van der Waals surface area (Å²) in [5, 5.41) is 19.1. The van der Waals surface area contributed by atoms with Crippen LogP contribution < -0.4 is 0 Å². The molecule has 0 amide bonds. The molecule has 2 aromatic rings. The summed E-state index contributed by atoms with van der Waals surface area (Å²) in [6, 6.07) is 21.3. The molecule has 0 aliphatic heterocycles. The van der Waals surface area contributed by atoms with Crippen LogP contribution in [0.5, 0.6) is 0 Å². The molecule has 0 heterocycles. The Morgan fingerprint density at radius 3 is 1.15 bits per heavy atom. The third kappa shape index (κ3) is 1.21. The summed E-state index contributed by atoms with van der Waals surface area (Å²) in [6.07, 6.45) is 0. The molecule has 0 aromatic heterocycles. The molecule has 94 valence electrons. The molecule has 0 radical (unpaired) electrons. The maximum absolute atomic E-state index is 9.56. The summed E-state index contributed by atoms with van der Waals surface area (Å²) >= 11 is 0. The van der Waals surface area contributed by atoms with Gasteiger partial charge in [-0.2, -0.15) is 10.5 Å². The van der Waals surface area contributed by atoms with Crippen molar-refractivity contribution in [2.45, 2.75) is 11.8 Å². The largest absolute Gasteiger partial charge is 0.198 e. The molecule has 0 unspecified atom stereocenters. The Hall–Kier alpha value is -2.58. The highest BCUT2D eigenvalue weighted by Crippen LogP contribution is 2.57.